The summed E-state index contributed by atoms with van der Waals surface area (Å²) in [6, 6.07) is 8.55. The van der Waals surface area contributed by atoms with Crippen LogP contribution in [0.3, 0.4) is 0 Å². The Morgan fingerprint density at radius 1 is 1.00 bits per heavy atom. The van der Waals surface area contributed by atoms with Gasteiger partial charge in [-0.15, -0.1) is 0 Å². The molecule has 0 saturated carbocycles. The minimum atomic E-state index is -4.65. The van der Waals surface area contributed by atoms with Crippen LogP contribution in [0.25, 0.3) is 0 Å². The Balaban J connectivity index is 1.80. The lowest BCUT2D eigenvalue weighted by Gasteiger charge is -2.39. The van der Waals surface area contributed by atoms with Crippen LogP contribution >= 0.6 is 0 Å². The molecule has 0 bridgehead atoms. The van der Waals surface area contributed by atoms with Gasteiger partial charge >= 0.3 is 18.2 Å². The molecule has 41 heavy (non-hydrogen) atoms. The SMILES string of the molecule is CC(C)c1ccc(CNC(=O)[C@H]2CN(C(=O)NCCCC(=O)O)CCN2S(=O)(=O)c2ccc(C(F)(F)F)cc2)cc1. The standard InChI is InChI=1S/C27H33F3N4O6S/c1-18(2)20-7-5-19(6-8-20)16-32-25(37)23-17-33(26(38)31-13-3-4-24(35)36)14-15-34(23)41(39,40)22-11-9-21(10-12-22)27(28,29)30/h5-12,18,23H,3-4,13-17H2,1-2H3,(H,31,38)(H,32,37)(H,35,36)/t23-/m1/s1. The second kappa shape index (κ2) is 13.3. The molecule has 1 saturated heterocycles. The number of alkyl halides is 3. The normalized spacial score (nSPS) is 16.4. The first kappa shape index (κ1) is 31.9. The molecule has 0 aliphatic carbocycles. The van der Waals surface area contributed by atoms with Gasteiger partial charge in [-0.05, 0) is 47.7 Å². The number of sulfonamides is 1. The smallest absolute Gasteiger partial charge is 0.416 e. The summed E-state index contributed by atoms with van der Waals surface area (Å²) < 4.78 is 66.9. The lowest BCUT2D eigenvalue weighted by Crippen LogP contribution is -2.62. The molecular formula is C27H33F3N4O6S. The Hall–Kier alpha value is -3.65. The first-order valence-corrected chi connectivity index (χ1v) is 14.4. The molecule has 0 radical (unpaired) electrons. The number of hydrogen-bond donors (Lipinski definition) is 3. The fourth-order valence-electron chi connectivity index (χ4n) is 4.28. The van der Waals surface area contributed by atoms with E-state index in [1.807, 2.05) is 38.1 Å². The predicted octanol–water partition coefficient (Wildman–Crippen LogP) is 3.39. The Morgan fingerprint density at radius 2 is 1.63 bits per heavy atom. The number of urea groups is 1. The molecule has 2 aromatic rings. The Bertz CT molecular complexity index is 1330. The maximum atomic E-state index is 13.5. The number of nitrogens with zero attached hydrogens (tertiary/aromatic N) is 2. The second-order valence-electron chi connectivity index (χ2n) is 9.94. The summed E-state index contributed by atoms with van der Waals surface area (Å²) >= 11 is 0. The van der Waals surface area contributed by atoms with E-state index in [-0.39, 0.29) is 45.6 Å². The minimum Gasteiger partial charge on any atom is -0.481 e. The zero-order chi connectivity index (χ0) is 30.4. The van der Waals surface area contributed by atoms with Crippen molar-refractivity contribution in [2.24, 2.45) is 0 Å². The number of benzene rings is 2. The van der Waals surface area contributed by atoms with Gasteiger partial charge in [0, 0.05) is 39.1 Å². The summed E-state index contributed by atoms with van der Waals surface area (Å²) in [5.74, 6) is -1.39. The fraction of sp³-hybridized carbons (Fsp3) is 0.444. The maximum Gasteiger partial charge on any atom is 0.416 e. The van der Waals surface area contributed by atoms with E-state index in [1.54, 1.807) is 0 Å². The fourth-order valence-corrected chi connectivity index (χ4v) is 5.85. The Morgan fingerprint density at radius 3 is 2.20 bits per heavy atom. The molecular weight excluding hydrogens is 565 g/mol. The highest BCUT2D eigenvalue weighted by Crippen LogP contribution is 2.31. The van der Waals surface area contributed by atoms with Gasteiger partial charge < -0.3 is 20.6 Å². The molecule has 2 aromatic carbocycles. The van der Waals surface area contributed by atoms with Gasteiger partial charge in [-0.1, -0.05) is 38.1 Å². The van der Waals surface area contributed by atoms with E-state index in [4.69, 9.17) is 5.11 Å². The molecule has 1 atom stereocenters. The van der Waals surface area contributed by atoms with Gasteiger partial charge in [-0.25, -0.2) is 13.2 Å². The lowest BCUT2D eigenvalue weighted by molar-refractivity contribution is -0.138. The zero-order valence-electron chi connectivity index (χ0n) is 22.6. The van der Waals surface area contributed by atoms with Crippen LogP contribution in [0, 0.1) is 0 Å². The Labute approximate surface area is 236 Å². The molecule has 1 heterocycles. The molecule has 0 aromatic heterocycles. The number of hydrogen-bond acceptors (Lipinski definition) is 5. The zero-order valence-corrected chi connectivity index (χ0v) is 23.5. The van der Waals surface area contributed by atoms with Crippen molar-refractivity contribution in [1.29, 1.82) is 0 Å². The van der Waals surface area contributed by atoms with Crippen LogP contribution in [0.5, 0.6) is 0 Å². The van der Waals surface area contributed by atoms with E-state index in [1.165, 1.54) is 4.90 Å². The number of carboxylic acid groups (broad SMARTS) is 1. The van der Waals surface area contributed by atoms with Crippen molar-refractivity contribution in [3.05, 3.63) is 65.2 Å². The van der Waals surface area contributed by atoms with Gasteiger partial charge in [-0.2, -0.15) is 17.5 Å². The molecule has 3 N–H and O–H groups in total. The number of carbonyl (C=O) groups is 3. The van der Waals surface area contributed by atoms with Crippen molar-refractivity contribution in [2.45, 2.75) is 56.3 Å². The third-order valence-corrected chi connectivity index (χ3v) is 8.59. The van der Waals surface area contributed by atoms with Crippen LogP contribution < -0.4 is 10.6 Å². The summed E-state index contributed by atoms with van der Waals surface area (Å²) in [4.78, 5) is 37.6. The van der Waals surface area contributed by atoms with Crippen molar-refractivity contribution in [1.82, 2.24) is 19.8 Å². The van der Waals surface area contributed by atoms with Crippen LogP contribution in [-0.4, -0.2) is 72.9 Å². The number of halogens is 3. The van der Waals surface area contributed by atoms with Crippen LogP contribution in [-0.2, 0) is 32.3 Å². The average molecular weight is 599 g/mol. The summed E-state index contributed by atoms with van der Waals surface area (Å²) in [6.07, 6.45) is -4.62. The first-order valence-electron chi connectivity index (χ1n) is 13.0. The van der Waals surface area contributed by atoms with E-state index in [2.05, 4.69) is 10.6 Å². The molecule has 0 spiro atoms. The van der Waals surface area contributed by atoms with Gasteiger partial charge in [0.05, 0.1) is 10.5 Å². The third kappa shape index (κ3) is 8.43. The third-order valence-electron chi connectivity index (χ3n) is 6.67. The van der Waals surface area contributed by atoms with Crippen LogP contribution in [0.15, 0.2) is 53.4 Å². The molecule has 10 nitrogen and oxygen atoms in total. The topological polar surface area (TPSA) is 136 Å². The molecule has 0 unspecified atom stereocenters. The molecule has 224 valence electrons. The van der Waals surface area contributed by atoms with Gasteiger partial charge in [-0.3, -0.25) is 9.59 Å². The molecule has 3 amide bonds. The molecule has 1 aliphatic rings. The van der Waals surface area contributed by atoms with Gasteiger partial charge in [0.15, 0.2) is 0 Å². The predicted molar refractivity (Wildman–Crippen MR) is 143 cm³/mol. The molecule has 3 rings (SSSR count). The van der Waals surface area contributed by atoms with Crippen LogP contribution in [0.1, 0.15) is 49.3 Å². The van der Waals surface area contributed by atoms with Crippen molar-refractivity contribution in [3.8, 4) is 0 Å². The summed E-state index contributed by atoms with van der Waals surface area (Å²) in [5, 5.41) is 14.0. The van der Waals surface area contributed by atoms with Crippen molar-refractivity contribution in [2.75, 3.05) is 26.2 Å². The molecule has 1 fully saturated rings. The van der Waals surface area contributed by atoms with Crippen molar-refractivity contribution < 1.29 is 41.1 Å². The number of nitrogens with one attached hydrogen (secondary N) is 2. The summed E-state index contributed by atoms with van der Waals surface area (Å²) in [6.45, 7) is 3.54. The largest absolute Gasteiger partial charge is 0.481 e. The molecule has 14 heteroatoms. The van der Waals surface area contributed by atoms with E-state index in [0.29, 0.717) is 18.1 Å². The van der Waals surface area contributed by atoms with E-state index in [0.717, 1.165) is 27.6 Å². The lowest BCUT2D eigenvalue weighted by atomic mass is 10.0. The molecule has 1 aliphatic heterocycles. The van der Waals surface area contributed by atoms with Gasteiger partial charge in [0.2, 0.25) is 15.9 Å². The summed E-state index contributed by atoms with van der Waals surface area (Å²) in [5.41, 5.74) is 0.855. The van der Waals surface area contributed by atoms with Gasteiger partial charge in [0.25, 0.3) is 0 Å². The number of aliphatic carboxylic acids is 1. The Kier molecular flexibility index (Phi) is 10.4. The summed E-state index contributed by atoms with van der Waals surface area (Å²) in [7, 11) is -4.41. The van der Waals surface area contributed by atoms with E-state index < -0.39 is 50.6 Å². The first-order chi connectivity index (χ1) is 19.2. The maximum absolute atomic E-state index is 13.5. The van der Waals surface area contributed by atoms with Crippen LogP contribution in [0.2, 0.25) is 0 Å². The number of carboxylic acids is 1. The number of carbonyl (C=O) groups excluding carboxylic acids is 2. The monoisotopic (exact) mass is 598 g/mol. The van der Waals surface area contributed by atoms with Crippen molar-refractivity contribution in [3.63, 3.8) is 0 Å². The highest BCUT2D eigenvalue weighted by molar-refractivity contribution is 7.89. The average Bonchev–Trinajstić information content (AvgIpc) is 2.93. The van der Waals surface area contributed by atoms with Crippen LogP contribution in [0.4, 0.5) is 18.0 Å². The van der Waals surface area contributed by atoms with Crippen molar-refractivity contribution >= 4 is 27.9 Å². The quantitative estimate of drug-likeness (QED) is 0.359. The number of rotatable bonds is 10. The minimum absolute atomic E-state index is 0.0679. The highest BCUT2D eigenvalue weighted by atomic mass is 32.2. The number of amides is 3. The number of piperazine rings is 1. The van der Waals surface area contributed by atoms with E-state index >= 15 is 0 Å². The second-order valence-corrected chi connectivity index (χ2v) is 11.8. The van der Waals surface area contributed by atoms with E-state index in [9.17, 15) is 36.0 Å². The van der Waals surface area contributed by atoms with Gasteiger partial charge in [0.1, 0.15) is 6.04 Å². The highest BCUT2D eigenvalue weighted by Gasteiger charge is 2.41.